The summed E-state index contributed by atoms with van der Waals surface area (Å²) in [6.07, 6.45) is 6.29. The van der Waals surface area contributed by atoms with E-state index in [1.807, 2.05) is 6.26 Å². The van der Waals surface area contributed by atoms with Gasteiger partial charge >= 0.3 is 0 Å². The van der Waals surface area contributed by atoms with Crippen LogP contribution in [0.2, 0.25) is 0 Å². The van der Waals surface area contributed by atoms with Gasteiger partial charge in [-0.15, -0.1) is 11.8 Å². The van der Waals surface area contributed by atoms with Crippen molar-refractivity contribution < 1.29 is 0 Å². The van der Waals surface area contributed by atoms with Gasteiger partial charge in [0.1, 0.15) is 11.4 Å². The third-order valence-corrected chi connectivity index (χ3v) is 1.76. The van der Waals surface area contributed by atoms with Gasteiger partial charge in [-0.3, -0.25) is 5.41 Å². The van der Waals surface area contributed by atoms with Crippen LogP contribution in [-0.4, -0.2) is 27.6 Å². The SMILES string of the molecule is CSC(=NC=N)c1ncc[nH]1. The normalized spacial score (nSPS) is 11.5. The molecule has 0 spiro atoms. The maximum absolute atomic E-state index is 6.77. The number of hydrogen-bond donors (Lipinski definition) is 2. The van der Waals surface area contributed by atoms with Crippen molar-refractivity contribution in [1.29, 1.82) is 5.41 Å². The first-order valence-corrected chi connectivity index (χ1v) is 4.21. The molecule has 0 atom stereocenters. The van der Waals surface area contributed by atoms with Crippen LogP contribution >= 0.6 is 11.8 Å². The lowest BCUT2D eigenvalue weighted by Crippen LogP contribution is -1.97. The van der Waals surface area contributed by atoms with Gasteiger partial charge in [0.25, 0.3) is 0 Å². The molecule has 1 rings (SSSR count). The van der Waals surface area contributed by atoms with Gasteiger partial charge in [0.05, 0.1) is 0 Å². The molecule has 0 amide bonds. The minimum Gasteiger partial charge on any atom is -0.343 e. The zero-order valence-corrected chi connectivity index (χ0v) is 6.85. The van der Waals surface area contributed by atoms with E-state index in [1.165, 1.54) is 11.8 Å². The summed E-state index contributed by atoms with van der Waals surface area (Å²) < 4.78 is 0. The van der Waals surface area contributed by atoms with E-state index in [0.717, 1.165) is 11.4 Å². The molecule has 1 aromatic heterocycles. The number of nitrogens with zero attached hydrogens (tertiary/aromatic N) is 2. The van der Waals surface area contributed by atoms with E-state index in [1.54, 1.807) is 12.4 Å². The molecule has 4 nitrogen and oxygen atoms in total. The summed E-state index contributed by atoms with van der Waals surface area (Å²) in [7, 11) is 0. The molecular weight excluding hydrogens is 160 g/mol. The van der Waals surface area contributed by atoms with Crippen molar-refractivity contribution in [3.8, 4) is 0 Å². The maximum atomic E-state index is 6.77. The fraction of sp³-hybridized carbons (Fsp3) is 0.167. The van der Waals surface area contributed by atoms with Gasteiger partial charge in [0.15, 0.2) is 5.82 Å². The first-order valence-electron chi connectivity index (χ1n) is 2.99. The fourth-order valence-corrected chi connectivity index (χ4v) is 1.11. The van der Waals surface area contributed by atoms with E-state index < -0.39 is 0 Å². The van der Waals surface area contributed by atoms with Crippen molar-refractivity contribution in [1.82, 2.24) is 9.97 Å². The number of aliphatic imine (C=N–C) groups is 1. The largest absolute Gasteiger partial charge is 0.343 e. The molecular formula is C6H8N4S. The van der Waals surface area contributed by atoms with Crippen LogP contribution < -0.4 is 0 Å². The Hall–Kier alpha value is -1.10. The zero-order valence-electron chi connectivity index (χ0n) is 6.03. The minimum atomic E-state index is 0.709. The van der Waals surface area contributed by atoms with Crippen LogP contribution in [0.1, 0.15) is 5.82 Å². The monoisotopic (exact) mass is 168 g/mol. The van der Waals surface area contributed by atoms with Gasteiger partial charge in [-0.1, -0.05) is 0 Å². The molecule has 1 heterocycles. The Morgan fingerprint density at radius 2 is 2.73 bits per heavy atom. The highest BCUT2D eigenvalue weighted by atomic mass is 32.2. The number of aromatic amines is 1. The second kappa shape index (κ2) is 3.92. The van der Waals surface area contributed by atoms with Crippen LogP contribution in [0.4, 0.5) is 0 Å². The second-order valence-corrected chi connectivity index (χ2v) is 2.50. The Morgan fingerprint density at radius 1 is 1.91 bits per heavy atom. The first kappa shape index (κ1) is 8.00. The van der Waals surface area contributed by atoms with Gasteiger partial charge in [-0.05, 0) is 6.26 Å². The smallest absolute Gasteiger partial charge is 0.162 e. The van der Waals surface area contributed by atoms with Crippen LogP contribution in [-0.2, 0) is 0 Å². The van der Waals surface area contributed by atoms with Gasteiger partial charge < -0.3 is 4.98 Å². The molecule has 0 saturated heterocycles. The quantitative estimate of drug-likeness (QED) is 0.513. The molecule has 0 fully saturated rings. The molecule has 0 saturated carbocycles. The predicted molar refractivity (Wildman–Crippen MR) is 47.4 cm³/mol. The lowest BCUT2D eigenvalue weighted by Gasteiger charge is -1.93. The highest BCUT2D eigenvalue weighted by Gasteiger charge is 2.01. The Morgan fingerprint density at radius 3 is 3.18 bits per heavy atom. The Balaban J connectivity index is 2.88. The van der Waals surface area contributed by atoms with Crippen molar-refractivity contribution in [2.45, 2.75) is 0 Å². The molecule has 58 valence electrons. The van der Waals surface area contributed by atoms with Crippen molar-refractivity contribution >= 4 is 23.1 Å². The highest BCUT2D eigenvalue weighted by Crippen LogP contribution is 2.04. The Labute approximate surface area is 68.7 Å². The minimum absolute atomic E-state index is 0.709. The second-order valence-electron chi connectivity index (χ2n) is 1.71. The standard InChI is InChI=1S/C6H8N4S/c1-11-6(10-4-7)5-8-2-3-9-5/h2-4,7H,1H3,(H,8,9). The van der Waals surface area contributed by atoms with E-state index in [4.69, 9.17) is 5.41 Å². The summed E-state index contributed by atoms with van der Waals surface area (Å²) >= 11 is 1.46. The van der Waals surface area contributed by atoms with E-state index in [2.05, 4.69) is 15.0 Å². The first-order chi connectivity index (χ1) is 5.38. The number of nitrogens with one attached hydrogen (secondary N) is 2. The van der Waals surface area contributed by atoms with Gasteiger partial charge in [-0.25, -0.2) is 9.98 Å². The fourth-order valence-electron chi connectivity index (χ4n) is 0.651. The van der Waals surface area contributed by atoms with Crippen LogP contribution in [0, 0.1) is 5.41 Å². The molecule has 0 aliphatic heterocycles. The molecule has 0 aromatic carbocycles. The van der Waals surface area contributed by atoms with Crippen LogP contribution in [0.25, 0.3) is 0 Å². The lowest BCUT2D eigenvalue weighted by atomic mass is 10.7. The topological polar surface area (TPSA) is 64.9 Å². The number of aromatic nitrogens is 2. The van der Waals surface area contributed by atoms with Crippen LogP contribution in [0.3, 0.4) is 0 Å². The van der Waals surface area contributed by atoms with Crippen LogP contribution in [0.5, 0.6) is 0 Å². The molecule has 0 unspecified atom stereocenters. The molecule has 2 N–H and O–H groups in total. The summed E-state index contributed by atoms with van der Waals surface area (Å²) in [5.74, 6) is 0.709. The molecule has 0 radical (unpaired) electrons. The third kappa shape index (κ3) is 1.91. The third-order valence-electron chi connectivity index (χ3n) is 1.08. The average molecular weight is 168 g/mol. The summed E-state index contributed by atoms with van der Waals surface area (Å²) in [4.78, 5) is 10.7. The molecule has 0 aliphatic carbocycles. The van der Waals surface area contributed by atoms with Crippen molar-refractivity contribution in [3.05, 3.63) is 18.2 Å². The average Bonchev–Trinajstić information content (AvgIpc) is 2.52. The summed E-state index contributed by atoms with van der Waals surface area (Å²) in [5.41, 5.74) is 0. The number of hydrogen-bond acceptors (Lipinski definition) is 3. The van der Waals surface area contributed by atoms with E-state index in [0.29, 0.717) is 5.82 Å². The van der Waals surface area contributed by atoms with Crippen molar-refractivity contribution in [3.63, 3.8) is 0 Å². The number of imidazole rings is 1. The maximum Gasteiger partial charge on any atom is 0.162 e. The molecule has 1 aromatic rings. The van der Waals surface area contributed by atoms with Gasteiger partial charge in [-0.2, -0.15) is 0 Å². The van der Waals surface area contributed by atoms with E-state index >= 15 is 0 Å². The van der Waals surface area contributed by atoms with E-state index in [-0.39, 0.29) is 0 Å². The molecule has 0 bridgehead atoms. The molecule has 5 heteroatoms. The summed E-state index contributed by atoms with van der Waals surface area (Å²) in [5, 5.41) is 7.50. The molecule has 11 heavy (non-hydrogen) atoms. The number of H-pyrrole nitrogens is 1. The van der Waals surface area contributed by atoms with Crippen molar-refractivity contribution in [2.24, 2.45) is 4.99 Å². The summed E-state index contributed by atoms with van der Waals surface area (Å²) in [6.45, 7) is 0. The van der Waals surface area contributed by atoms with E-state index in [9.17, 15) is 0 Å². The van der Waals surface area contributed by atoms with Gasteiger partial charge in [0.2, 0.25) is 0 Å². The predicted octanol–water partition coefficient (Wildman–Crippen LogP) is 1.13. The van der Waals surface area contributed by atoms with Crippen LogP contribution in [0.15, 0.2) is 17.4 Å². The molecule has 0 aliphatic rings. The zero-order chi connectivity index (χ0) is 8.10. The number of thioether (sulfide) groups is 1. The Kier molecular flexibility index (Phi) is 2.85. The van der Waals surface area contributed by atoms with Gasteiger partial charge in [0, 0.05) is 12.4 Å². The highest BCUT2D eigenvalue weighted by molar-refractivity contribution is 8.13. The Bertz CT molecular complexity index is 252. The summed E-state index contributed by atoms with van der Waals surface area (Å²) in [6, 6.07) is 0. The lowest BCUT2D eigenvalue weighted by molar-refractivity contribution is 1.27. The van der Waals surface area contributed by atoms with Crippen molar-refractivity contribution in [2.75, 3.05) is 6.26 Å². The number of rotatable bonds is 2.